The van der Waals surface area contributed by atoms with E-state index >= 15 is 0 Å². The van der Waals surface area contributed by atoms with E-state index in [1.54, 1.807) is 72.8 Å². The van der Waals surface area contributed by atoms with E-state index in [0.717, 1.165) is 4.90 Å². The van der Waals surface area contributed by atoms with E-state index in [9.17, 15) is 14.4 Å². The van der Waals surface area contributed by atoms with E-state index in [2.05, 4.69) is 48.8 Å². The van der Waals surface area contributed by atoms with Crippen molar-refractivity contribution in [2.75, 3.05) is 4.90 Å². The molecule has 10 heteroatoms. The van der Waals surface area contributed by atoms with Crippen molar-refractivity contribution in [2.45, 2.75) is 0 Å². The maximum absolute atomic E-state index is 14.0. The van der Waals surface area contributed by atoms with E-state index in [1.165, 1.54) is 24.3 Å². The Balaban J connectivity index is 1.93. The van der Waals surface area contributed by atoms with Crippen molar-refractivity contribution in [2.24, 2.45) is 0 Å². The molecule has 0 fully saturated rings. The molecule has 2 amide bonds. The largest absolute Gasteiger partial charge is 0.417 e. The van der Waals surface area contributed by atoms with E-state index < -0.39 is 17.6 Å². The molecule has 0 aliphatic rings. The predicted octanol–water partition coefficient (Wildman–Crippen LogP) is 7.47. The van der Waals surface area contributed by atoms with Gasteiger partial charge in [0, 0.05) is 5.56 Å². The standard InChI is InChI=1S/C27H16Br3NO6/c28-35-22-14-6-2-10-18(22)25(32)17-9-1-5-13-21(17)31(26(33)19-11-3-7-15-23(19)36-29)27(34)20-12-4-8-16-24(20)37-30/h1-16H. The van der Waals surface area contributed by atoms with Gasteiger partial charge in [0.2, 0.25) is 0 Å². The molecule has 0 aliphatic carbocycles. The highest BCUT2D eigenvalue weighted by Gasteiger charge is 2.33. The zero-order chi connectivity index (χ0) is 26.4. The number of carbonyl (C=O) groups excluding carboxylic acids is 3. The van der Waals surface area contributed by atoms with Crippen molar-refractivity contribution >= 4 is 72.1 Å². The van der Waals surface area contributed by atoms with Crippen molar-refractivity contribution in [1.29, 1.82) is 0 Å². The lowest BCUT2D eigenvalue weighted by Gasteiger charge is -2.24. The van der Waals surface area contributed by atoms with E-state index in [-0.39, 0.29) is 45.2 Å². The molecule has 0 saturated heterocycles. The Labute approximate surface area is 238 Å². The van der Waals surface area contributed by atoms with Crippen molar-refractivity contribution in [3.8, 4) is 17.2 Å². The Bertz CT molecular complexity index is 1420. The van der Waals surface area contributed by atoms with Crippen LogP contribution in [0.1, 0.15) is 36.6 Å². The lowest BCUT2D eigenvalue weighted by Crippen LogP contribution is -2.38. The van der Waals surface area contributed by atoms with Gasteiger partial charge in [0.25, 0.3) is 11.8 Å². The van der Waals surface area contributed by atoms with Crippen molar-refractivity contribution < 1.29 is 25.9 Å². The molecule has 0 unspecified atom stereocenters. The molecule has 186 valence electrons. The third-order valence-corrected chi connectivity index (χ3v) is 6.46. The predicted molar refractivity (Wildman–Crippen MR) is 149 cm³/mol. The molecule has 0 atom stereocenters. The molecule has 4 rings (SSSR count). The molecule has 0 spiro atoms. The molecule has 0 radical (unpaired) electrons. The molecule has 37 heavy (non-hydrogen) atoms. The highest BCUT2D eigenvalue weighted by molar-refractivity contribution is 9.06. The second-order valence-corrected chi connectivity index (χ2v) is 8.48. The van der Waals surface area contributed by atoms with Crippen LogP contribution in [-0.2, 0) is 0 Å². The van der Waals surface area contributed by atoms with Crippen LogP contribution in [0.4, 0.5) is 5.69 Å². The summed E-state index contributed by atoms with van der Waals surface area (Å²) >= 11 is 8.76. The molecule has 7 nitrogen and oxygen atoms in total. The van der Waals surface area contributed by atoms with Crippen LogP contribution in [-0.4, -0.2) is 17.6 Å². The highest BCUT2D eigenvalue weighted by Crippen LogP contribution is 2.33. The molecule has 4 aromatic carbocycles. The van der Waals surface area contributed by atoms with E-state index in [0.29, 0.717) is 0 Å². The van der Waals surface area contributed by atoms with Crippen LogP contribution < -0.4 is 16.4 Å². The van der Waals surface area contributed by atoms with Gasteiger partial charge in [-0.25, -0.2) is 4.90 Å². The maximum Gasteiger partial charge on any atom is 0.269 e. The lowest BCUT2D eigenvalue weighted by atomic mass is 9.99. The summed E-state index contributed by atoms with van der Waals surface area (Å²) < 4.78 is 15.6. The Morgan fingerprint density at radius 3 is 1.30 bits per heavy atom. The van der Waals surface area contributed by atoms with Gasteiger partial charge in [-0.05, 0) is 48.5 Å². The average molecular weight is 690 g/mol. The van der Waals surface area contributed by atoms with Crippen LogP contribution in [0.25, 0.3) is 0 Å². The van der Waals surface area contributed by atoms with Crippen molar-refractivity contribution in [3.63, 3.8) is 0 Å². The first kappa shape index (κ1) is 26.6. The van der Waals surface area contributed by atoms with E-state index in [4.69, 9.17) is 11.5 Å². The smallest absolute Gasteiger partial charge is 0.269 e. The normalized spacial score (nSPS) is 10.4. The molecule has 4 aromatic rings. The first-order valence-electron chi connectivity index (χ1n) is 10.7. The number of halogens is 3. The topological polar surface area (TPSA) is 82.1 Å². The van der Waals surface area contributed by atoms with Gasteiger partial charge in [-0.3, -0.25) is 14.4 Å². The monoisotopic (exact) mass is 687 g/mol. The van der Waals surface area contributed by atoms with E-state index in [1.807, 2.05) is 0 Å². The van der Waals surface area contributed by atoms with Crippen LogP contribution in [0.3, 0.4) is 0 Å². The molecule has 0 aliphatic heterocycles. The number of hydrogen-bond acceptors (Lipinski definition) is 6. The first-order chi connectivity index (χ1) is 18.0. The van der Waals surface area contributed by atoms with Gasteiger partial charge < -0.3 is 11.5 Å². The fourth-order valence-electron chi connectivity index (χ4n) is 3.70. The fourth-order valence-corrected chi connectivity index (χ4v) is 4.55. The number of imide groups is 1. The summed E-state index contributed by atoms with van der Waals surface area (Å²) in [6.07, 6.45) is 0. The van der Waals surface area contributed by atoms with Crippen LogP contribution in [0.5, 0.6) is 17.2 Å². The number of hydrogen-bond donors (Lipinski definition) is 0. The minimum absolute atomic E-state index is 0.0700. The van der Waals surface area contributed by atoms with Crippen LogP contribution in [0, 0.1) is 0 Å². The summed E-state index contributed by atoms with van der Waals surface area (Å²) in [5, 5.41) is 0. The lowest BCUT2D eigenvalue weighted by molar-refractivity contribution is 0.0896. The number of anilines is 1. The van der Waals surface area contributed by atoms with Crippen LogP contribution >= 0.6 is 48.8 Å². The fraction of sp³-hybridized carbons (Fsp3) is 0. The number of para-hydroxylation sites is 4. The number of carbonyl (C=O) groups is 3. The average Bonchev–Trinajstić information content (AvgIpc) is 2.96. The van der Waals surface area contributed by atoms with Crippen molar-refractivity contribution in [1.82, 2.24) is 0 Å². The Hall–Kier alpha value is -3.47. The zero-order valence-electron chi connectivity index (χ0n) is 18.8. The van der Waals surface area contributed by atoms with Gasteiger partial charge in [-0.2, -0.15) is 0 Å². The van der Waals surface area contributed by atoms with Gasteiger partial charge in [0.1, 0.15) is 17.2 Å². The molecule has 0 aromatic heterocycles. The number of rotatable bonds is 8. The summed E-state index contributed by atoms with van der Waals surface area (Å²) in [5.41, 5.74) is 0.601. The zero-order valence-corrected chi connectivity index (χ0v) is 23.5. The highest BCUT2D eigenvalue weighted by atomic mass is 79.9. The minimum atomic E-state index is -0.713. The quantitative estimate of drug-likeness (QED) is 0.141. The van der Waals surface area contributed by atoms with Gasteiger partial charge in [0.05, 0.1) is 22.4 Å². The summed E-state index contributed by atoms with van der Waals surface area (Å²) in [6, 6.07) is 25.8. The number of ketones is 1. The summed E-state index contributed by atoms with van der Waals surface area (Å²) in [6.45, 7) is 0. The molecular formula is C27H16Br3NO6. The maximum atomic E-state index is 14.0. The first-order valence-corrected chi connectivity index (χ1v) is 12.6. The SMILES string of the molecule is O=C(c1ccccc1OBr)c1ccccc1N(C(=O)c1ccccc1OBr)C(=O)c1ccccc1OBr. The van der Waals surface area contributed by atoms with Gasteiger partial charge in [0.15, 0.2) is 54.6 Å². The third-order valence-electron chi connectivity index (χ3n) is 5.41. The van der Waals surface area contributed by atoms with Crippen LogP contribution in [0.2, 0.25) is 0 Å². The Morgan fingerprint density at radius 1 is 0.486 bits per heavy atom. The summed E-state index contributed by atoms with van der Waals surface area (Å²) in [7, 11) is 0. The van der Waals surface area contributed by atoms with Gasteiger partial charge >= 0.3 is 0 Å². The van der Waals surface area contributed by atoms with Gasteiger partial charge in [-0.15, -0.1) is 0 Å². The Morgan fingerprint density at radius 2 is 0.838 bits per heavy atom. The number of benzene rings is 4. The minimum Gasteiger partial charge on any atom is -0.417 e. The summed E-state index contributed by atoms with van der Waals surface area (Å²) in [5.74, 6) is -1.22. The second kappa shape index (κ2) is 12.2. The van der Waals surface area contributed by atoms with Crippen molar-refractivity contribution in [3.05, 3.63) is 119 Å². The molecule has 0 heterocycles. The van der Waals surface area contributed by atoms with Crippen LogP contribution in [0.15, 0.2) is 97.1 Å². The Kier molecular flexibility index (Phi) is 8.75. The molecule has 0 saturated carbocycles. The number of nitrogens with zero attached hydrogens (tertiary/aromatic N) is 1. The second-order valence-electron chi connectivity index (χ2n) is 7.51. The summed E-state index contributed by atoms with van der Waals surface area (Å²) in [4.78, 5) is 42.6. The number of amides is 2. The molecule has 0 N–H and O–H groups in total. The molecular weight excluding hydrogens is 674 g/mol. The molecule has 0 bridgehead atoms. The third kappa shape index (κ3) is 5.46. The van der Waals surface area contributed by atoms with Gasteiger partial charge in [-0.1, -0.05) is 48.5 Å².